The zero-order chi connectivity index (χ0) is 14.7. The van der Waals surface area contributed by atoms with E-state index in [0.29, 0.717) is 0 Å². The molecule has 0 aliphatic heterocycles. The summed E-state index contributed by atoms with van der Waals surface area (Å²) in [6.07, 6.45) is 12.7. The van der Waals surface area contributed by atoms with E-state index in [2.05, 4.69) is 41.5 Å². The quantitative estimate of drug-likeness (QED) is 0.354. The molecule has 0 radical (unpaired) electrons. The van der Waals surface area contributed by atoms with Gasteiger partial charge in [-0.3, -0.25) is 0 Å². The minimum Gasteiger partial charge on any atom is -0.0654 e. The van der Waals surface area contributed by atoms with Gasteiger partial charge in [-0.25, -0.2) is 0 Å². The summed E-state index contributed by atoms with van der Waals surface area (Å²) in [4.78, 5) is 0. The molecule has 0 nitrogen and oxygen atoms in total. The second kappa shape index (κ2) is 11.8. The van der Waals surface area contributed by atoms with Crippen LogP contribution in [0.5, 0.6) is 0 Å². The maximum Gasteiger partial charge on any atom is -0.0388 e. The van der Waals surface area contributed by atoms with Gasteiger partial charge in [-0.1, -0.05) is 86.5 Å². The van der Waals surface area contributed by atoms with Gasteiger partial charge in [-0.15, -0.1) is 0 Å². The predicted octanol–water partition coefficient (Wildman–Crippen LogP) is 7.08. The molecule has 4 unspecified atom stereocenters. The van der Waals surface area contributed by atoms with Crippen LogP contribution in [0.3, 0.4) is 0 Å². The van der Waals surface area contributed by atoms with Crippen LogP contribution in [0.4, 0.5) is 0 Å². The first-order valence-corrected chi connectivity index (χ1v) is 9.12. The van der Waals surface area contributed by atoms with Crippen molar-refractivity contribution < 1.29 is 0 Å². The second-order valence-corrected chi connectivity index (χ2v) is 6.73. The fourth-order valence-electron chi connectivity index (χ4n) is 3.59. The third-order valence-electron chi connectivity index (χ3n) is 5.33. The van der Waals surface area contributed by atoms with E-state index in [1.54, 1.807) is 0 Å². The van der Waals surface area contributed by atoms with Crippen molar-refractivity contribution in [1.82, 2.24) is 0 Å². The first-order valence-electron chi connectivity index (χ1n) is 9.12. The molecule has 19 heavy (non-hydrogen) atoms. The van der Waals surface area contributed by atoms with E-state index in [-0.39, 0.29) is 0 Å². The van der Waals surface area contributed by atoms with Crippen LogP contribution in [-0.2, 0) is 0 Å². The van der Waals surface area contributed by atoms with Crippen LogP contribution in [0.15, 0.2) is 0 Å². The van der Waals surface area contributed by atoms with Gasteiger partial charge in [0.1, 0.15) is 0 Å². The maximum absolute atomic E-state index is 2.42. The van der Waals surface area contributed by atoms with E-state index in [1.165, 1.54) is 57.8 Å². The molecule has 4 atom stereocenters. The van der Waals surface area contributed by atoms with Crippen LogP contribution in [0.1, 0.15) is 99.3 Å². The summed E-state index contributed by atoms with van der Waals surface area (Å²) in [5.41, 5.74) is 0. The summed E-state index contributed by atoms with van der Waals surface area (Å²) in [7, 11) is 0. The maximum atomic E-state index is 2.42. The smallest absolute Gasteiger partial charge is 0.0388 e. The summed E-state index contributed by atoms with van der Waals surface area (Å²) in [6, 6.07) is 0. The third-order valence-corrected chi connectivity index (χ3v) is 5.33. The normalized spacial score (nSPS) is 18.0. The van der Waals surface area contributed by atoms with Gasteiger partial charge >= 0.3 is 0 Å². The van der Waals surface area contributed by atoms with E-state index >= 15 is 0 Å². The van der Waals surface area contributed by atoms with Gasteiger partial charge in [0.05, 0.1) is 0 Å². The Hall–Kier alpha value is 0. The Bertz CT molecular complexity index is 184. The van der Waals surface area contributed by atoms with E-state index in [0.717, 1.165) is 23.7 Å². The lowest BCUT2D eigenvalue weighted by Crippen LogP contribution is -2.16. The first kappa shape index (κ1) is 19.0. The van der Waals surface area contributed by atoms with Gasteiger partial charge in [0.15, 0.2) is 0 Å². The molecule has 0 heterocycles. The fourth-order valence-corrected chi connectivity index (χ4v) is 3.59. The Morgan fingerprint density at radius 1 is 0.632 bits per heavy atom. The van der Waals surface area contributed by atoms with Crippen LogP contribution < -0.4 is 0 Å². The molecule has 0 aromatic heterocycles. The molecule has 0 fully saturated rings. The summed E-state index contributed by atoms with van der Waals surface area (Å²) >= 11 is 0. The molecule has 0 heteroatoms. The summed E-state index contributed by atoms with van der Waals surface area (Å²) in [5.74, 6) is 3.86. The minimum absolute atomic E-state index is 0.919. The van der Waals surface area contributed by atoms with E-state index in [4.69, 9.17) is 0 Å². The fraction of sp³-hybridized carbons (Fsp3) is 1.00. The minimum atomic E-state index is 0.919. The zero-order valence-corrected chi connectivity index (χ0v) is 14.7. The van der Waals surface area contributed by atoms with Crippen LogP contribution in [0, 0.1) is 23.7 Å². The van der Waals surface area contributed by atoms with E-state index in [1.807, 2.05) is 0 Å². The van der Waals surface area contributed by atoms with Crippen molar-refractivity contribution >= 4 is 0 Å². The average Bonchev–Trinajstić information content (AvgIpc) is 2.44. The van der Waals surface area contributed by atoms with Gasteiger partial charge in [-0.2, -0.15) is 0 Å². The van der Waals surface area contributed by atoms with Crippen molar-refractivity contribution in [3.05, 3.63) is 0 Å². The molecule has 116 valence electrons. The molecule has 0 aliphatic rings. The molecule has 0 aliphatic carbocycles. The number of rotatable bonds is 12. The van der Waals surface area contributed by atoms with Gasteiger partial charge in [0.25, 0.3) is 0 Å². The highest BCUT2D eigenvalue weighted by molar-refractivity contribution is 4.71. The third kappa shape index (κ3) is 8.00. The molecule has 0 amide bonds. The molecule has 0 aromatic rings. The number of hydrogen-bond donors (Lipinski definition) is 0. The molecule has 0 rings (SSSR count). The van der Waals surface area contributed by atoms with Gasteiger partial charge in [-0.05, 0) is 36.5 Å². The van der Waals surface area contributed by atoms with Gasteiger partial charge in [0.2, 0.25) is 0 Å². The van der Waals surface area contributed by atoms with Crippen molar-refractivity contribution in [1.29, 1.82) is 0 Å². The molecule has 0 saturated heterocycles. The highest BCUT2D eigenvalue weighted by atomic mass is 14.2. The Kier molecular flexibility index (Phi) is 11.8. The summed E-state index contributed by atoms with van der Waals surface area (Å²) in [5, 5.41) is 0. The van der Waals surface area contributed by atoms with Crippen LogP contribution in [0.2, 0.25) is 0 Å². The van der Waals surface area contributed by atoms with Gasteiger partial charge < -0.3 is 0 Å². The van der Waals surface area contributed by atoms with E-state index < -0.39 is 0 Å². The van der Waals surface area contributed by atoms with Gasteiger partial charge in [0, 0.05) is 0 Å². The zero-order valence-electron chi connectivity index (χ0n) is 14.7. The highest BCUT2D eigenvalue weighted by Crippen LogP contribution is 2.31. The second-order valence-electron chi connectivity index (χ2n) is 6.73. The molecular formula is C19H40. The Labute approximate surface area is 123 Å². The summed E-state index contributed by atoms with van der Waals surface area (Å²) < 4.78 is 0. The molecule has 0 spiro atoms. The lowest BCUT2D eigenvalue weighted by molar-refractivity contribution is 0.242. The summed E-state index contributed by atoms with van der Waals surface area (Å²) in [6.45, 7) is 14.3. The Morgan fingerprint density at radius 3 is 1.63 bits per heavy atom. The lowest BCUT2D eigenvalue weighted by atomic mass is 9.78. The molecule has 0 saturated carbocycles. The molecule has 0 N–H and O–H groups in total. The van der Waals surface area contributed by atoms with E-state index in [9.17, 15) is 0 Å². The van der Waals surface area contributed by atoms with Crippen molar-refractivity contribution in [2.24, 2.45) is 23.7 Å². The monoisotopic (exact) mass is 268 g/mol. The largest absolute Gasteiger partial charge is 0.0654 e. The van der Waals surface area contributed by atoms with Crippen molar-refractivity contribution in [2.75, 3.05) is 0 Å². The topological polar surface area (TPSA) is 0 Å². The standard InChI is InChI=1S/C19H40/c1-7-12-18(10-4)19(11-5)14-13-17(9-3)15-16(6)8-2/h16-19H,7-15H2,1-6H3. The lowest BCUT2D eigenvalue weighted by Gasteiger charge is -2.27. The van der Waals surface area contributed by atoms with Crippen molar-refractivity contribution in [3.63, 3.8) is 0 Å². The molecular weight excluding hydrogens is 228 g/mol. The Balaban J connectivity index is 4.21. The average molecular weight is 269 g/mol. The van der Waals surface area contributed by atoms with Crippen LogP contribution in [-0.4, -0.2) is 0 Å². The van der Waals surface area contributed by atoms with Crippen molar-refractivity contribution in [2.45, 2.75) is 99.3 Å². The SMILES string of the molecule is CCCC(CC)C(CC)CCC(CC)CC(C)CC. The first-order chi connectivity index (χ1) is 9.12. The molecule has 0 bridgehead atoms. The van der Waals surface area contributed by atoms with Crippen molar-refractivity contribution in [3.8, 4) is 0 Å². The highest BCUT2D eigenvalue weighted by Gasteiger charge is 2.19. The predicted molar refractivity (Wildman–Crippen MR) is 89.6 cm³/mol. The molecule has 0 aromatic carbocycles. The van der Waals surface area contributed by atoms with Crippen LogP contribution in [0.25, 0.3) is 0 Å². The number of hydrogen-bond acceptors (Lipinski definition) is 0. The van der Waals surface area contributed by atoms with Crippen LogP contribution >= 0.6 is 0 Å². The Morgan fingerprint density at radius 2 is 1.21 bits per heavy atom.